The second-order valence-corrected chi connectivity index (χ2v) is 4.56. The van der Waals surface area contributed by atoms with Crippen LogP contribution in [0, 0.1) is 0 Å². The van der Waals surface area contributed by atoms with E-state index < -0.39 is 42.0 Å². The van der Waals surface area contributed by atoms with Crippen molar-refractivity contribution in [3.05, 3.63) is 0 Å². The number of carbonyl (C=O) groups is 4. The van der Waals surface area contributed by atoms with Crippen LogP contribution >= 0.6 is 0 Å². The number of rotatable bonds is 3. The molecule has 0 aromatic heterocycles. The van der Waals surface area contributed by atoms with E-state index in [1.54, 1.807) is 0 Å². The molecule has 1 rings (SSSR count). The van der Waals surface area contributed by atoms with Gasteiger partial charge >= 0.3 is 12.0 Å². The van der Waals surface area contributed by atoms with Gasteiger partial charge in [0.15, 0.2) is 6.10 Å². The number of hydrogen-bond acceptors (Lipinski definition) is 5. The molecule has 1 heterocycles. The van der Waals surface area contributed by atoms with Crippen molar-refractivity contribution in [3.63, 3.8) is 0 Å². The largest absolute Gasteiger partial charge is 0.479 e. The summed E-state index contributed by atoms with van der Waals surface area (Å²) in [5.74, 6) is -2.73. The summed E-state index contributed by atoms with van der Waals surface area (Å²) in [5.41, 5.74) is -1.24. The van der Waals surface area contributed by atoms with Gasteiger partial charge in [0.2, 0.25) is 5.91 Å². The number of nitrogens with one attached hydrogen (secondary N) is 2. The first-order valence-electron chi connectivity index (χ1n) is 5.47. The van der Waals surface area contributed by atoms with Gasteiger partial charge in [0.1, 0.15) is 12.1 Å². The molecule has 1 aliphatic rings. The molecule has 1 aliphatic heterocycles. The fourth-order valence-electron chi connectivity index (χ4n) is 1.48. The first kappa shape index (κ1) is 14.9. The van der Waals surface area contributed by atoms with Crippen molar-refractivity contribution in [1.29, 1.82) is 0 Å². The summed E-state index contributed by atoms with van der Waals surface area (Å²) in [7, 11) is 0. The molecule has 0 radical (unpaired) electrons. The molecule has 1 saturated heterocycles. The molecule has 4 amide bonds. The highest BCUT2D eigenvalue weighted by Crippen LogP contribution is 2.17. The Balaban J connectivity index is 2.71. The Morgan fingerprint density at radius 1 is 1.47 bits per heavy atom. The average Bonchev–Trinajstić information content (AvgIpc) is 2.30. The number of hydrogen-bond donors (Lipinski definition) is 4. The Kier molecular flexibility index (Phi) is 4.10. The van der Waals surface area contributed by atoms with Gasteiger partial charge in [0.25, 0.3) is 5.91 Å². The lowest BCUT2D eigenvalue weighted by atomic mass is 9.99. The second-order valence-electron chi connectivity index (χ2n) is 4.56. The molecule has 106 valence electrons. The topological polar surface area (TPSA) is 136 Å². The molecule has 9 heteroatoms. The van der Waals surface area contributed by atoms with Gasteiger partial charge in [0, 0.05) is 0 Å². The number of aliphatic hydroxyl groups excluding tert-OH is 1. The highest BCUT2D eigenvalue weighted by molar-refractivity contribution is 6.06. The van der Waals surface area contributed by atoms with E-state index in [1.807, 2.05) is 0 Å². The van der Waals surface area contributed by atoms with Crippen LogP contribution in [0.3, 0.4) is 0 Å². The second kappa shape index (κ2) is 5.22. The van der Waals surface area contributed by atoms with Gasteiger partial charge in [-0.05, 0) is 13.8 Å². The third kappa shape index (κ3) is 3.19. The molecule has 4 N–H and O–H groups in total. The average molecular weight is 273 g/mol. The number of piperazine rings is 1. The number of carbonyl (C=O) groups excluding carboxylic acids is 3. The molecule has 0 unspecified atom stereocenters. The number of amides is 4. The Labute approximate surface area is 108 Å². The van der Waals surface area contributed by atoms with Crippen LogP contribution in [0.1, 0.15) is 13.8 Å². The van der Waals surface area contributed by atoms with Crippen LogP contribution in [0.15, 0.2) is 0 Å². The van der Waals surface area contributed by atoms with Crippen molar-refractivity contribution in [3.8, 4) is 0 Å². The molecule has 0 aliphatic carbocycles. The number of imide groups is 1. The van der Waals surface area contributed by atoms with Gasteiger partial charge in [-0.15, -0.1) is 0 Å². The third-order valence-corrected chi connectivity index (χ3v) is 2.76. The normalized spacial score (nSPS) is 19.6. The molecule has 1 fully saturated rings. The maximum atomic E-state index is 11.8. The Morgan fingerprint density at radius 2 is 2.05 bits per heavy atom. The van der Waals surface area contributed by atoms with E-state index in [0.29, 0.717) is 0 Å². The summed E-state index contributed by atoms with van der Waals surface area (Å²) in [4.78, 5) is 46.0. The van der Waals surface area contributed by atoms with E-state index in [2.05, 4.69) is 10.6 Å². The zero-order valence-corrected chi connectivity index (χ0v) is 10.5. The van der Waals surface area contributed by atoms with Crippen molar-refractivity contribution in [1.82, 2.24) is 15.5 Å². The fraction of sp³-hybridized carbons (Fsp3) is 0.600. The Morgan fingerprint density at radius 3 is 2.58 bits per heavy atom. The highest BCUT2D eigenvalue weighted by atomic mass is 16.4. The predicted octanol–water partition coefficient (Wildman–Crippen LogP) is -2.12. The lowest BCUT2D eigenvalue weighted by molar-refractivity contribution is -0.146. The van der Waals surface area contributed by atoms with Crippen LogP contribution in [0.25, 0.3) is 0 Å². The lowest BCUT2D eigenvalue weighted by Gasteiger charge is -2.39. The van der Waals surface area contributed by atoms with E-state index in [1.165, 1.54) is 13.8 Å². The smallest absolute Gasteiger partial charge is 0.334 e. The number of aliphatic carboxylic acids is 1. The molecule has 0 aromatic rings. The molecule has 19 heavy (non-hydrogen) atoms. The minimum absolute atomic E-state index is 0.326. The van der Waals surface area contributed by atoms with Gasteiger partial charge in [-0.2, -0.15) is 0 Å². The number of carboxylic acid groups (broad SMARTS) is 1. The Hall–Kier alpha value is -2.16. The van der Waals surface area contributed by atoms with Crippen molar-refractivity contribution < 1.29 is 29.4 Å². The molecular formula is C10H15N3O6. The standard InChI is InChI=1S/C10H15N3O6/c1-10(2)8(18)12-6(15)4-13(10)9(19)11-3-5(14)7(16)17/h5,14H,3-4H2,1-2H3,(H,11,19)(H,16,17)(H,12,15,18)/t5-/m0/s1. The van der Waals surface area contributed by atoms with Crippen LogP contribution in [-0.2, 0) is 14.4 Å². The SMILES string of the molecule is CC1(C)C(=O)NC(=O)CN1C(=O)NC[C@H](O)C(=O)O. The predicted molar refractivity (Wildman–Crippen MR) is 61.0 cm³/mol. The van der Waals surface area contributed by atoms with Crippen LogP contribution in [-0.4, -0.2) is 63.7 Å². The van der Waals surface area contributed by atoms with E-state index in [9.17, 15) is 19.2 Å². The molecular weight excluding hydrogens is 258 g/mol. The van der Waals surface area contributed by atoms with E-state index in [-0.39, 0.29) is 6.54 Å². The lowest BCUT2D eigenvalue weighted by Crippen LogP contribution is -2.67. The quantitative estimate of drug-likeness (QED) is 0.434. The summed E-state index contributed by atoms with van der Waals surface area (Å²) in [6.45, 7) is 2.05. The maximum absolute atomic E-state index is 11.8. The molecule has 9 nitrogen and oxygen atoms in total. The highest BCUT2D eigenvalue weighted by Gasteiger charge is 2.43. The zero-order chi connectivity index (χ0) is 14.8. The van der Waals surface area contributed by atoms with E-state index in [0.717, 1.165) is 4.90 Å². The zero-order valence-electron chi connectivity index (χ0n) is 10.5. The van der Waals surface area contributed by atoms with Gasteiger partial charge in [0.05, 0.1) is 6.54 Å². The van der Waals surface area contributed by atoms with E-state index in [4.69, 9.17) is 10.2 Å². The number of aliphatic hydroxyl groups is 1. The van der Waals surface area contributed by atoms with Crippen LogP contribution < -0.4 is 10.6 Å². The minimum Gasteiger partial charge on any atom is -0.479 e. The van der Waals surface area contributed by atoms with Crippen LogP contribution in [0.2, 0.25) is 0 Å². The molecule has 0 aromatic carbocycles. The first-order chi connectivity index (χ1) is 8.66. The van der Waals surface area contributed by atoms with Crippen LogP contribution in [0.4, 0.5) is 4.79 Å². The van der Waals surface area contributed by atoms with Crippen molar-refractivity contribution in [2.45, 2.75) is 25.5 Å². The number of nitrogens with zero attached hydrogens (tertiary/aromatic N) is 1. The monoisotopic (exact) mass is 273 g/mol. The Bertz CT molecular complexity index is 433. The summed E-state index contributed by atoms with van der Waals surface area (Å²) < 4.78 is 0. The summed E-state index contributed by atoms with van der Waals surface area (Å²) >= 11 is 0. The molecule has 0 bridgehead atoms. The van der Waals surface area contributed by atoms with Gasteiger partial charge in [-0.25, -0.2) is 9.59 Å². The first-order valence-corrected chi connectivity index (χ1v) is 5.47. The van der Waals surface area contributed by atoms with Crippen molar-refractivity contribution in [2.75, 3.05) is 13.1 Å². The molecule has 1 atom stereocenters. The minimum atomic E-state index is -1.75. The van der Waals surface area contributed by atoms with Gasteiger partial charge in [-0.1, -0.05) is 0 Å². The number of urea groups is 1. The van der Waals surface area contributed by atoms with Crippen molar-refractivity contribution in [2.24, 2.45) is 0 Å². The van der Waals surface area contributed by atoms with E-state index >= 15 is 0 Å². The number of carboxylic acids is 1. The fourth-order valence-corrected chi connectivity index (χ4v) is 1.48. The summed E-state index contributed by atoms with van der Waals surface area (Å²) in [6.07, 6.45) is -1.75. The maximum Gasteiger partial charge on any atom is 0.334 e. The van der Waals surface area contributed by atoms with Crippen molar-refractivity contribution >= 4 is 23.8 Å². The molecule has 0 saturated carbocycles. The van der Waals surface area contributed by atoms with Gasteiger partial charge in [-0.3, -0.25) is 14.9 Å². The molecule has 0 spiro atoms. The summed E-state index contributed by atoms with van der Waals surface area (Å²) in [5, 5.41) is 21.7. The van der Waals surface area contributed by atoms with Crippen LogP contribution in [0.5, 0.6) is 0 Å². The third-order valence-electron chi connectivity index (χ3n) is 2.76. The van der Waals surface area contributed by atoms with Gasteiger partial charge < -0.3 is 20.4 Å². The summed E-state index contributed by atoms with van der Waals surface area (Å²) in [6, 6.07) is -0.798.